The van der Waals surface area contributed by atoms with Gasteiger partial charge >= 0.3 is 6.61 Å². The molecule has 1 aliphatic carbocycles. The van der Waals surface area contributed by atoms with Crippen LogP contribution in [0, 0.1) is 17.6 Å². The molecule has 0 amide bonds. The van der Waals surface area contributed by atoms with Crippen LogP contribution in [0.5, 0.6) is 5.75 Å². The van der Waals surface area contributed by atoms with Gasteiger partial charge in [-0.1, -0.05) is 0 Å². The molecule has 18 heavy (non-hydrogen) atoms. The summed E-state index contributed by atoms with van der Waals surface area (Å²) in [6.07, 6.45) is 2.07. The van der Waals surface area contributed by atoms with Crippen molar-refractivity contribution in [3.63, 3.8) is 0 Å². The van der Waals surface area contributed by atoms with Gasteiger partial charge in [-0.15, -0.1) is 0 Å². The third kappa shape index (κ3) is 3.49. The van der Waals surface area contributed by atoms with Crippen molar-refractivity contribution in [3.05, 3.63) is 23.8 Å². The average molecular weight is 265 g/mol. The third-order valence-electron chi connectivity index (χ3n) is 2.42. The van der Waals surface area contributed by atoms with E-state index in [1.165, 1.54) is 0 Å². The van der Waals surface area contributed by atoms with Crippen LogP contribution < -0.4 is 10.2 Å². The minimum atomic E-state index is -3.10. The van der Waals surface area contributed by atoms with Crippen molar-refractivity contribution in [1.82, 2.24) is 0 Å². The number of hydrogen-bond acceptors (Lipinski definition) is 3. The fraction of sp³-hybridized carbons (Fsp3) is 0.455. The summed E-state index contributed by atoms with van der Waals surface area (Å²) in [5.74, 6) is -2.54. The summed E-state index contributed by atoms with van der Waals surface area (Å²) in [4.78, 5) is 4.94. The molecule has 1 saturated carbocycles. The van der Waals surface area contributed by atoms with Gasteiger partial charge in [0.25, 0.3) is 0 Å². The maximum Gasteiger partial charge on any atom is 0.387 e. The first-order valence-electron chi connectivity index (χ1n) is 5.38. The first-order valence-corrected chi connectivity index (χ1v) is 5.38. The molecule has 0 aromatic heterocycles. The van der Waals surface area contributed by atoms with Crippen LogP contribution >= 0.6 is 0 Å². The summed E-state index contributed by atoms with van der Waals surface area (Å²) >= 11 is 0. The van der Waals surface area contributed by atoms with E-state index in [4.69, 9.17) is 4.84 Å². The molecule has 0 saturated heterocycles. The van der Waals surface area contributed by atoms with Gasteiger partial charge < -0.3 is 4.74 Å². The van der Waals surface area contributed by atoms with Crippen LogP contribution in [0.25, 0.3) is 0 Å². The van der Waals surface area contributed by atoms with E-state index in [1.807, 2.05) is 0 Å². The van der Waals surface area contributed by atoms with E-state index in [2.05, 4.69) is 10.2 Å². The largest absolute Gasteiger partial charge is 0.435 e. The molecule has 0 radical (unpaired) electrons. The molecule has 7 heteroatoms. The standard InChI is InChI=1S/C11H11F4NO2/c12-8-3-7(18-11(14)15)4-9(10(8)13)16-17-5-6-1-2-6/h3-4,6,11,16H,1-2,5H2. The summed E-state index contributed by atoms with van der Waals surface area (Å²) < 4.78 is 54.3. The predicted octanol–water partition coefficient (Wildman–Crippen LogP) is 3.32. The van der Waals surface area contributed by atoms with Crippen molar-refractivity contribution in [2.24, 2.45) is 5.92 Å². The summed E-state index contributed by atoms with van der Waals surface area (Å²) in [5.41, 5.74) is 1.83. The summed E-state index contributed by atoms with van der Waals surface area (Å²) in [7, 11) is 0. The number of anilines is 1. The van der Waals surface area contributed by atoms with Crippen molar-refractivity contribution in [1.29, 1.82) is 0 Å². The molecule has 1 aliphatic rings. The monoisotopic (exact) mass is 265 g/mol. The molecular formula is C11H11F4NO2. The van der Waals surface area contributed by atoms with Gasteiger partial charge in [-0.05, 0) is 18.8 Å². The highest BCUT2D eigenvalue weighted by Gasteiger charge is 2.22. The number of halogens is 4. The van der Waals surface area contributed by atoms with E-state index in [9.17, 15) is 17.6 Å². The van der Waals surface area contributed by atoms with Crippen LogP contribution in [0.4, 0.5) is 23.2 Å². The van der Waals surface area contributed by atoms with Gasteiger partial charge in [0.05, 0.1) is 6.61 Å². The Hall–Kier alpha value is -1.50. The molecule has 3 nitrogen and oxygen atoms in total. The Kier molecular flexibility index (Phi) is 3.90. The molecule has 1 N–H and O–H groups in total. The zero-order chi connectivity index (χ0) is 13.1. The molecule has 100 valence electrons. The van der Waals surface area contributed by atoms with E-state index >= 15 is 0 Å². The van der Waals surface area contributed by atoms with Crippen molar-refractivity contribution in [2.75, 3.05) is 12.1 Å². The van der Waals surface area contributed by atoms with Crippen LogP contribution in [0.3, 0.4) is 0 Å². The Labute approximate surface area is 101 Å². The Morgan fingerprint density at radius 2 is 2.00 bits per heavy atom. The molecule has 1 aromatic rings. The van der Waals surface area contributed by atoms with Gasteiger partial charge in [-0.25, -0.2) is 8.78 Å². The highest BCUT2D eigenvalue weighted by molar-refractivity contribution is 5.48. The van der Waals surface area contributed by atoms with Gasteiger partial charge in [0.1, 0.15) is 11.4 Å². The molecule has 1 fully saturated rings. The first kappa shape index (κ1) is 12.9. The first-order chi connectivity index (χ1) is 8.56. The second kappa shape index (κ2) is 5.43. The predicted molar refractivity (Wildman–Crippen MR) is 55.3 cm³/mol. The maximum atomic E-state index is 13.3. The topological polar surface area (TPSA) is 30.5 Å². The van der Waals surface area contributed by atoms with Crippen LogP contribution in [0.2, 0.25) is 0 Å². The highest BCUT2D eigenvalue weighted by Crippen LogP contribution is 2.30. The van der Waals surface area contributed by atoms with Crippen LogP contribution in [0.15, 0.2) is 12.1 Å². The lowest BCUT2D eigenvalue weighted by molar-refractivity contribution is -0.0500. The van der Waals surface area contributed by atoms with Crippen molar-refractivity contribution in [3.8, 4) is 5.75 Å². The third-order valence-corrected chi connectivity index (χ3v) is 2.42. The van der Waals surface area contributed by atoms with E-state index in [0.29, 0.717) is 18.6 Å². The van der Waals surface area contributed by atoms with Crippen molar-refractivity contribution >= 4 is 5.69 Å². The molecule has 1 aromatic carbocycles. The number of hydrogen-bond donors (Lipinski definition) is 1. The van der Waals surface area contributed by atoms with Crippen molar-refractivity contribution < 1.29 is 27.1 Å². The molecule has 0 spiro atoms. The Morgan fingerprint density at radius 1 is 1.28 bits per heavy atom. The average Bonchev–Trinajstić information content (AvgIpc) is 3.08. The lowest BCUT2D eigenvalue weighted by Crippen LogP contribution is -2.08. The maximum absolute atomic E-state index is 13.3. The molecule has 0 unspecified atom stereocenters. The lowest BCUT2D eigenvalue weighted by atomic mass is 10.3. The second-order valence-electron chi connectivity index (χ2n) is 4.00. The smallest absolute Gasteiger partial charge is 0.387 e. The van der Waals surface area contributed by atoms with Gasteiger partial charge in [-0.3, -0.25) is 10.3 Å². The summed E-state index contributed by atoms with van der Waals surface area (Å²) in [6.45, 7) is -2.74. The minimum absolute atomic E-state index is 0.362. The number of rotatable bonds is 6. The van der Waals surface area contributed by atoms with Gasteiger partial charge in [0, 0.05) is 12.1 Å². The van der Waals surface area contributed by atoms with E-state index < -0.39 is 24.0 Å². The normalized spacial score (nSPS) is 14.9. The van der Waals surface area contributed by atoms with Crippen LogP contribution in [0.1, 0.15) is 12.8 Å². The van der Waals surface area contributed by atoms with E-state index in [0.717, 1.165) is 18.9 Å². The Bertz CT molecular complexity index is 424. The number of alkyl halides is 2. The Morgan fingerprint density at radius 3 is 2.61 bits per heavy atom. The number of nitrogens with one attached hydrogen (secondary N) is 1. The van der Waals surface area contributed by atoms with E-state index in [1.54, 1.807) is 0 Å². The molecule has 2 rings (SSSR count). The Balaban J connectivity index is 2.03. The van der Waals surface area contributed by atoms with Gasteiger partial charge in [0.2, 0.25) is 0 Å². The lowest BCUT2D eigenvalue weighted by Gasteiger charge is -2.11. The molecule has 0 atom stereocenters. The quantitative estimate of drug-likeness (QED) is 0.632. The van der Waals surface area contributed by atoms with Crippen LogP contribution in [-0.4, -0.2) is 13.2 Å². The van der Waals surface area contributed by atoms with Crippen LogP contribution in [-0.2, 0) is 4.84 Å². The van der Waals surface area contributed by atoms with Gasteiger partial charge in [-0.2, -0.15) is 8.78 Å². The summed E-state index contributed by atoms with van der Waals surface area (Å²) in [6, 6.07) is 1.46. The van der Waals surface area contributed by atoms with Gasteiger partial charge in [0.15, 0.2) is 11.6 Å². The zero-order valence-electron chi connectivity index (χ0n) is 9.26. The number of benzene rings is 1. The fourth-order valence-corrected chi connectivity index (χ4v) is 1.33. The fourth-order valence-electron chi connectivity index (χ4n) is 1.33. The molecular weight excluding hydrogens is 254 g/mol. The highest BCUT2D eigenvalue weighted by atomic mass is 19.3. The molecule has 0 bridgehead atoms. The second-order valence-corrected chi connectivity index (χ2v) is 4.00. The van der Waals surface area contributed by atoms with Crippen molar-refractivity contribution in [2.45, 2.75) is 19.5 Å². The minimum Gasteiger partial charge on any atom is -0.435 e. The molecule has 0 heterocycles. The SMILES string of the molecule is Fc1cc(OC(F)F)cc(NOCC2CC2)c1F. The summed E-state index contributed by atoms with van der Waals surface area (Å²) in [5, 5.41) is 0. The molecule has 0 aliphatic heterocycles. The van der Waals surface area contributed by atoms with E-state index in [-0.39, 0.29) is 5.69 Å². The number of ether oxygens (including phenoxy) is 1. The zero-order valence-corrected chi connectivity index (χ0v) is 9.26.